The maximum absolute atomic E-state index is 12.7. The SMILES string of the molecule is C[C@@H](C(=O)O)N(Cc1ccc2cc(-c3ccccc3-c3nn[nH]n3)ccc2c1)C(=O)C1CC1. The molecule has 33 heavy (non-hydrogen) atoms. The molecule has 0 aliphatic heterocycles. The standard InChI is InChI=1S/C25H23N5O3/c1-15(25(32)33)30(24(31)17-8-9-17)14-16-6-7-19-13-20(11-10-18(19)12-16)21-4-2-3-5-22(21)23-26-28-29-27-23/h2-7,10-13,15,17H,8-9,14H2,1H3,(H,32,33)(H,26,27,28,29)/t15-/m0/s1. The maximum Gasteiger partial charge on any atom is 0.326 e. The van der Waals surface area contributed by atoms with E-state index >= 15 is 0 Å². The first-order valence-electron chi connectivity index (χ1n) is 10.9. The molecule has 1 fully saturated rings. The number of amides is 1. The van der Waals surface area contributed by atoms with Crippen molar-refractivity contribution in [3.63, 3.8) is 0 Å². The summed E-state index contributed by atoms with van der Waals surface area (Å²) in [6.07, 6.45) is 1.68. The topological polar surface area (TPSA) is 112 Å². The van der Waals surface area contributed by atoms with Gasteiger partial charge in [-0.15, -0.1) is 10.2 Å². The van der Waals surface area contributed by atoms with Gasteiger partial charge >= 0.3 is 5.97 Å². The summed E-state index contributed by atoms with van der Waals surface area (Å²) in [7, 11) is 0. The van der Waals surface area contributed by atoms with E-state index in [1.165, 1.54) is 4.90 Å². The van der Waals surface area contributed by atoms with E-state index in [9.17, 15) is 14.7 Å². The zero-order valence-corrected chi connectivity index (χ0v) is 18.1. The Hall–Kier alpha value is -4.07. The van der Waals surface area contributed by atoms with E-state index in [0.29, 0.717) is 5.82 Å². The summed E-state index contributed by atoms with van der Waals surface area (Å²) >= 11 is 0. The number of nitrogens with zero attached hydrogens (tertiary/aromatic N) is 4. The van der Waals surface area contributed by atoms with Crippen molar-refractivity contribution >= 4 is 22.6 Å². The quantitative estimate of drug-likeness (QED) is 0.450. The number of aromatic amines is 1. The van der Waals surface area contributed by atoms with E-state index in [-0.39, 0.29) is 18.4 Å². The normalized spacial score (nSPS) is 14.2. The molecule has 4 aromatic rings. The van der Waals surface area contributed by atoms with Crippen molar-refractivity contribution in [1.29, 1.82) is 0 Å². The van der Waals surface area contributed by atoms with Crippen molar-refractivity contribution in [2.75, 3.05) is 0 Å². The predicted molar refractivity (Wildman–Crippen MR) is 123 cm³/mol. The summed E-state index contributed by atoms with van der Waals surface area (Å²) in [6.45, 7) is 1.85. The first-order valence-corrected chi connectivity index (χ1v) is 10.9. The van der Waals surface area contributed by atoms with Crippen molar-refractivity contribution in [1.82, 2.24) is 25.5 Å². The molecule has 8 heteroatoms. The van der Waals surface area contributed by atoms with Gasteiger partial charge in [-0.2, -0.15) is 5.21 Å². The third-order valence-corrected chi connectivity index (χ3v) is 6.12. The molecule has 1 atom stereocenters. The number of benzene rings is 3. The highest BCUT2D eigenvalue weighted by molar-refractivity contribution is 5.91. The van der Waals surface area contributed by atoms with Gasteiger partial charge in [-0.25, -0.2) is 4.79 Å². The van der Waals surface area contributed by atoms with Gasteiger partial charge in [0.1, 0.15) is 6.04 Å². The molecule has 8 nitrogen and oxygen atoms in total. The Balaban J connectivity index is 1.45. The molecule has 0 saturated heterocycles. The third-order valence-electron chi connectivity index (χ3n) is 6.12. The molecule has 1 aliphatic carbocycles. The van der Waals surface area contributed by atoms with E-state index in [1.807, 2.05) is 54.6 Å². The number of carboxylic acids is 1. The summed E-state index contributed by atoms with van der Waals surface area (Å²) in [5.41, 5.74) is 3.82. The fourth-order valence-corrected chi connectivity index (χ4v) is 4.07. The molecule has 2 N–H and O–H groups in total. The van der Waals surface area contributed by atoms with Gasteiger partial charge in [0.2, 0.25) is 11.7 Å². The second kappa shape index (κ2) is 8.46. The predicted octanol–water partition coefficient (Wildman–Crippen LogP) is 3.90. The minimum absolute atomic E-state index is 0.0333. The van der Waals surface area contributed by atoms with Crippen LogP contribution in [0.15, 0.2) is 60.7 Å². The summed E-state index contributed by atoms with van der Waals surface area (Å²) in [6, 6.07) is 19.2. The largest absolute Gasteiger partial charge is 0.480 e. The fourth-order valence-electron chi connectivity index (χ4n) is 4.07. The summed E-state index contributed by atoms with van der Waals surface area (Å²) in [5, 5.41) is 25.9. The molecule has 0 bridgehead atoms. The molecule has 1 amide bonds. The zero-order valence-electron chi connectivity index (χ0n) is 18.1. The number of carboxylic acid groups (broad SMARTS) is 1. The number of rotatable bonds is 7. The molecular weight excluding hydrogens is 418 g/mol. The van der Waals surface area contributed by atoms with Crippen LogP contribution in [0.2, 0.25) is 0 Å². The number of aliphatic carboxylic acids is 1. The van der Waals surface area contributed by atoms with Crippen LogP contribution >= 0.6 is 0 Å². The van der Waals surface area contributed by atoms with Gasteiger partial charge in [0.05, 0.1) is 0 Å². The Morgan fingerprint density at radius 2 is 1.79 bits per heavy atom. The number of H-pyrrole nitrogens is 1. The second-order valence-electron chi connectivity index (χ2n) is 8.43. The Morgan fingerprint density at radius 1 is 1.06 bits per heavy atom. The lowest BCUT2D eigenvalue weighted by Gasteiger charge is -2.27. The molecule has 1 aromatic heterocycles. The molecule has 0 radical (unpaired) electrons. The molecule has 1 saturated carbocycles. The Labute approximate surface area is 190 Å². The Morgan fingerprint density at radius 3 is 2.48 bits per heavy atom. The van der Waals surface area contributed by atoms with Crippen LogP contribution in [0.4, 0.5) is 0 Å². The molecule has 0 spiro atoms. The summed E-state index contributed by atoms with van der Waals surface area (Å²) < 4.78 is 0. The number of nitrogens with one attached hydrogen (secondary N) is 1. The summed E-state index contributed by atoms with van der Waals surface area (Å²) in [4.78, 5) is 25.7. The highest BCUT2D eigenvalue weighted by Crippen LogP contribution is 2.34. The van der Waals surface area contributed by atoms with Crippen molar-refractivity contribution < 1.29 is 14.7 Å². The van der Waals surface area contributed by atoms with Gasteiger partial charge in [0, 0.05) is 18.0 Å². The fraction of sp³-hybridized carbons (Fsp3) is 0.240. The van der Waals surface area contributed by atoms with Crippen molar-refractivity contribution in [2.45, 2.75) is 32.4 Å². The molecule has 1 heterocycles. The van der Waals surface area contributed by atoms with Crippen LogP contribution in [0.3, 0.4) is 0 Å². The first-order chi connectivity index (χ1) is 16.0. The van der Waals surface area contributed by atoms with Crippen LogP contribution < -0.4 is 0 Å². The third kappa shape index (κ3) is 4.19. The van der Waals surface area contributed by atoms with Crippen molar-refractivity contribution in [3.05, 3.63) is 66.2 Å². The van der Waals surface area contributed by atoms with Gasteiger partial charge in [-0.1, -0.05) is 48.5 Å². The average Bonchev–Trinajstić information content (AvgIpc) is 3.55. The Kier molecular flexibility index (Phi) is 5.34. The van der Waals surface area contributed by atoms with Crippen LogP contribution in [0, 0.1) is 5.92 Å². The van der Waals surface area contributed by atoms with E-state index in [0.717, 1.165) is 45.9 Å². The lowest BCUT2D eigenvalue weighted by molar-refractivity contribution is -0.150. The maximum atomic E-state index is 12.7. The lowest BCUT2D eigenvalue weighted by atomic mass is 9.96. The number of carbonyl (C=O) groups is 2. The van der Waals surface area contributed by atoms with Crippen LogP contribution in [0.1, 0.15) is 25.3 Å². The molecule has 1 aliphatic rings. The van der Waals surface area contributed by atoms with Gasteiger partial charge in [-0.3, -0.25) is 4.79 Å². The van der Waals surface area contributed by atoms with E-state index < -0.39 is 12.0 Å². The van der Waals surface area contributed by atoms with E-state index in [1.54, 1.807) is 6.92 Å². The highest BCUT2D eigenvalue weighted by Gasteiger charge is 2.37. The highest BCUT2D eigenvalue weighted by atomic mass is 16.4. The summed E-state index contributed by atoms with van der Waals surface area (Å²) in [5.74, 6) is -0.559. The van der Waals surface area contributed by atoms with Crippen LogP contribution in [0.25, 0.3) is 33.3 Å². The molecule has 166 valence electrons. The monoisotopic (exact) mass is 441 g/mol. The zero-order chi connectivity index (χ0) is 22.9. The van der Waals surface area contributed by atoms with Crippen LogP contribution in [-0.2, 0) is 16.1 Å². The minimum Gasteiger partial charge on any atom is -0.480 e. The van der Waals surface area contributed by atoms with Gasteiger partial charge in [-0.05, 0) is 64.6 Å². The second-order valence-corrected chi connectivity index (χ2v) is 8.43. The number of hydrogen-bond donors (Lipinski definition) is 2. The smallest absolute Gasteiger partial charge is 0.326 e. The van der Waals surface area contributed by atoms with Crippen LogP contribution in [-0.4, -0.2) is 48.5 Å². The first kappa shape index (κ1) is 20.8. The van der Waals surface area contributed by atoms with Gasteiger partial charge in [0.25, 0.3) is 0 Å². The molecule has 0 unspecified atom stereocenters. The van der Waals surface area contributed by atoms with Gasteiger partial charge in [0.15, 0.2) is 0 Å². The van der Waals surface area contributed by atoms with E-state index in [4.69, 9.17) is 0 Å². The number of aromatic nitrogens is 4. The lowest BCUT2D eigenvalue weighted by Crippen LogP contribution is -2.43. The molecule has 3 aromatic carbocycles. The molecular formula is C25H23N5O3. The van der Waals surface area contributed by atoms with Crippen molar-refractivity contribution in [2.24, 2.45) is 5.92 Å². The van der Waals surface area contributed by atoms with Gasteiger partial charge < -0.3 is 10.0 Å². The molecule has 5 rings (SSSR count). The number of fused-ring (bicyclic) bond motifs is 1. The van der Waals surface area contributed by atoms with E-state index in [2.05, 4.69) is 26.7 Å². The minimum atomic E-state index is -0.991. The average molecular weight is 441 g/mol. The number of carbonyl (C=O) groups excluding carboxylic acids is 1. The number of tetrazole rings is 1. The Bertz CT molecular complexity index is 1330. The number of hydrogen-bond acceptors (Lipinski definition) is 5. The van der Waals surface area contributed by atoms with Crippen LogP contribution in [0.5, 0.6) is 0 Å². The van der Waals surface area contributed by atoms with Crippen molar-refractivity contribution in [3.8, 4) is 22.5 Å².